The lowest BCUT2D eigenvalue weighted by Gasteiger charge is -2.19. The van der Waals surface area contributed by atoms with Crippen LogP contribution in [0.25, 0.3) is 0 Å². The summed E-state index contributed by atoms with van der Waals surface area (Å²) < 4.78 is 0. The number of carbonyl (C=O) groups excluding carboxylic acids is 1. The van der Waals surface area contributed by atoms with Crippen LogP contribution in [0.2, 0.25) is 5.02 Å². The summed E-state index contributed by atoms with van der Waals surface area (Å²) in [5, 5.41) is 1.05. The predicted octanol–water partition coefficient (Wildman–Crippen LogP) is 2.17. The van der Waals surface area contributed by atoms with E-state index in [0.717, 1.165) is 16.3 Å². The Labute approximate surface area is 110 Å². The Morgan fingerprint density at radius 2 is 2.18 bits per heavy atom. The molecule has 1 aliphatic rings. The van der Waals surface area contributed by atoms with Crippen LogP contribution in [-0.2, 0) is 4.79 Å². The maximum atomic E-state index is 11.3. The van der Waals surface area contributed by atoms with Crippen molar-refractivity contribution in [1.82, 2.24) is 0 Å². The second-order valence-electron chi connectivity index (χ2n) is 4.43. The summed E-state index contributed by atoms with van der Waals surface area (Å²) in [4.78, 5) is 12.3. The summed E-state index contributed by atoms with van der Waals surface area (Å²) in [6, 6.07) is 7.70. The van der Waals surface area contributed by atoms with Crippen LogP contribution in [0.5, 0.6) is 0 Å². The van der Waals surface area contributed by atoms with E-state index in [-0.39, 0.29) is 0 Å². The molecule has 1 aliphatic carbocycles. The van der Waals surface area contributed by atoms with Crippen LogP contribution in [0.3, 0.4) is 0 Å². The molecule has 2 atom stereocenters. The molecule has 0 aliphatic heterocycles. The summed E-state index contributed by atoms with van der Waals surface area (Å²) in [7, 11) is 0. The van der Waals surface area contributed by atoms with Gasteiger partial charge >= 0.3 is 0 Å². The number of benzene rings is 1. The highest BCUT2D eigenvalue weighted by Crippen LogP contribution is 2.40. The van der Waals surface area contributed by atoms with E-state index in [1.165, 1.54) is 0 Å². The van der Waals surface area contributed by atoms with Gasteiger partial charge in [0.05, 0.1) is 10.6 Å². The molecular weight excluding hydrogens is 256 g/mol. The molecule has 0 spiro atoms. The van der Waals surface area contributed by atoms with Crippen molar-refractivity contribution in [2.75, 3.05) is 0 Å². The maximum Gasteiger partial charge on any atom is 0.237 e. The monoisotopic (exact) mass is 270 g/mol. The molecule has 1 fully saturated rings. The Morgan fingerprint density at radius 3 is 2.76 bits per heavy atom. The number of nitrogens with two attached hydrogens (primary N) is 2. The molecule has 0 aromatic heterocycles. The number of thioether (sulfide) groups is 1. The highest BCUT2D eigenvalue weighted by molar-refractivity contribution is 8.00. The summed E-state index contributed by atoms with van der Waals surface area (Å²) >= 11 is 7.77. The van der Waals surface area contributed by atoms with Gasteiger partial charge in [-0.1, -0.05) is 23.7 Å². The van der Waals surface area contributed by atoms with Gasteiger partial charge in [0, 0.05) is 10.1 Å². The number of hydrogen-bond donors (Lipinski definition) is 2. The van der Waals surface area contributed by atoms with E-state index in [0.29, 0.717) is 18.1 Å². The number of hydrogen-bond acceptors (Lipinski definition) is 3. The molecule has 3 nitrogen and oxygen atoms in total. The Hall–Kier alpha value is -0.710. The van der Waals surface area contributed by atoms with E-state index in [9.17, 15) is 4.79 Å². The van der Waals surface area contributed by atoms with Gasteiger partial charge in [-0.25, -0.2) is 0 Å². The summed E-state index contributed by atoms with van der Waals surface area (Å²) in [5.41, 5.74) is 10.4. The number of carbonyl (C=O) groups is 1. The Kier molecular flexibility index (Phi) is 3.66. The van der Waals surface area contributed by atoms with Gasteiger partial charge in [0.25, 0.3) is 0 Å². The Bertz CT molecular complexity index is 440. The Morgan fingerprint density at radius 1 is 1.47 bits per heavy atom. The smallest absolute Gasteiger partial charge is 0.237 e. The molecule has 0 saturated heterocycles. The van der Waals surface area contributed by atoms with Crippen molar-refractivity contribution >= 4 is 29.3 Å². The standard InChI is InChI=1S/C12H15ClN2OS/c13-9-3-1-2-4-10(9)17-8-5-6-12(15,7-8)11(14)16/h1-4,8H,5-7,15H2,(H2,14,16). The van der Waals surface area contributed by atoms with E-state index in [1.54, 1.807) is 11.8 Å². The van der Waals surface area contributed by atoms with E-state index < -0.39 is 11.4 Å². The van der Waals surface area contributed by atoms with Gasteiger partial charge in [-0.15, -0.1) is 11.8 Å². The zero-order valence-corrected chi connectivity index (χ0v) is 10.9. The lowest BCUT2D eigenvalue weighted by Crippen LogP contribution is -2.50. The number of rotatable bonds is 3. The highest BCUT2D eigenvalue weighted by atomic mass is 35.5. The summed E-state index contributed by atoms with van der Waals surface area (Å²) in [5.74, 6) is -0.403. The third-order valence-corrected chi connectivity index (χ3v) is 4.91. The van der Waals surface area contributed by atoms with Gasteiger partial charge in [0.1, 0.15) is 0 Å². The normalized spacial score (nSPS) is 28.2. The second-order valence-corrected chi connectivity index (χ2v) is 6.18. The van der Waals surface area contributed by atoms with Gasteiger partial charge in [-0.3, -0.25) is 4.79 Å². The van der Waals surface area contributed by atoms with Gasteiger partial charge in [-0.05, 0) is 31.4 Å². The molecule has 1 saturated carbocycles. The number of amides is 1. The van der Waals surface area contributed by atoms with Crippen LogP contribution in [0.4, 0.5) is 0 Å². The zero-order valence-electron chi connectivity index (χ0n) is 9.36. The first-order chi connectivity index (χ1) is 8.01. The SMILES string of the molecule is NC(=O)C1(N)CCC(Sc2ccccc2Cl)C1. The van der Waals surface area contributed by atoms with E-state index >= 15 is 0 Å². The second kappa shape index (κ2) is 4.88. The first-order valence-corrected chi connectivity index (χ1v) is 6.77. The van der Waals surface area contributed by atoms with Crippen molar-refractivity contribution in [3.63, 3.8) is 0 Å². The molecule has 1 aromatic carbocycles. The van der Waals surface area contributed by atoms with Gasteiger partial charge in [0.2, 0.25) is 5.91 Å². The number of primary amides is 1. The summed E-state index contributed by atoms with van der Waals surface area (Å²) in [6.45, 7) is 0. The topological polar surface area (TPSA) is 69.1 Å². The van der Waals surface area contributed by atoms with Gasteiger partial charge in [0.15, 0.2) is 0 Å². The van der Waals surface area contributed by atoms with Gasteiger partial charge in [-0.2, -0.15) is 0 Å². The van der Waals surface area contributed by atoms with E-state index in [2.05, 4.69) is 0 Å². The third kappa shape index (κ3) is 2.76. The quantitative estimate of drug-likeness (QED) is 0.884. The van der Waals surface area contributed by atoms with Crippen molar-refractivity contribution in [3.05, 3.63) is 29.3 Å². The molecule has 2 unspecified atom stereocenters. The first kappa shape index (κ1) is 12.7. The largest absolute Gasteiger partial charge is 0.368 e. The average Bonchev–Trinajstić information content (AvgIpc) is 2.65. The van der Waals surface area contributed by atoms with E-state index in [4.69, 9.17) is 23.1 Å². The van der Waals surface area contributed by atoms with E-state index in [1.807, 2.05) is 24.3 Å². The van der Waals surface area contributed by atoms with Crippen LogP contribution in [0.15, 0.2) is 29.2 Å². The van der Waals surface area contributed by atoms with Crippen LogP contribution in [0, 0.1) is 0 Å². The molecule has 0 heterocycles. The minimum atomic E-state index is -0.834. The predicted molar refractivity (Wildman–Crippen MR) is 71.1 cm³/mol. The molecule has 17 heavy (non-hydrogen) atoms. The fourth-order valence-electron chi connectivity index (χ4n) is 2.07. The molecule has 0 radical (unpaired) electrons. The minimum absolute atomic E-state index is 0.312. The maximum absolute atomic E-state index is 11.3. The van der Waals surface area contributed by atoms with Crippen LogP contribution >= 0.6 is 23.4 Å². The molecule has 1 amide bonds. The summed E-state index contributed by atoms with van der Waals surface area (Å²) in [6.07, 6.45) is 2.18. The van der Waals surface area contributed by atoms with Crippen LogP contribution in [0.1, 0.15) is 19.3 Å². The molecule has 1 aromatic rings. The molecule has 2 rings (SSSR count). The van der Waals surface area contributed by atoms with Crippen molar-refractivity contribution < 1.29 is 4.79 Å². The molecule has 4 N–H and O–H groups in total. The molecule has 92 valence electrons. The minimum Gasteiger partial charge on any atom is -0.368 e. The van der Waals surface area contributed by atoms with Gasteiger partial charge < -0.3 is 11.5 Å². The zero-order chi connectivity index (χ0) is 12.5. The van der Waals surface area contributed by atoms with Crippen molar-refractivity contribution in [3.8, 4) is 0 Å². The highest BCUT2D eigenvalue weighted by Gasteiger charge is 2.40. The lowest BCUT2D eigenvalue weighted by molar-refractivity contribution is -0.122. The van der Waals surface area contributed by atoms with Crippen molar-refractivity contribution in [2.24, 2.45) is 11.5 Å². The molecular formula is C12H15ClN2OS. The fraction of sp³-hybridized carbons (Fsp3) is 0.417. The van der Waals surface area contributed by atoms with Crippen LogP contribution < -0.4 is 11.5 Å². The average molecular weight is 271 g/mol. The van der Waals surface area contributed by atoms with Crippen LogP contribution in [-0.4, -0.2) is 16.7 Å². The lowest BCUT2D eigenvalue weighted by atomic mass is 9.99. The molecule has 0 bridgehead atoms. The third-order valence-electron chi connectivity index (χ3n) is 3.13. The number of halogens is 1. The Balaban J connectivity index is 2.04. The fourth-order valence-corrected chi connectivity index (χ4v) is 3.66. The molecule has 5 heteroatoms. The van der Waals surface area contributed by atoms with Crippen molar-refractivity contribution in [1.29, 1.82) is 0 Å². The first-order valence-electron chi connectivity index (χ1n) is 5.51. The van der Waals surface area contributed by atoms with Crippen molar-refractivity contribution in [2.45, 2.75) is 34.9 Å².